The Balaban J connectivity index is 2.68. The number of carbonyl (C=O) groups is 1. The van der Waals surface area contributed by atoms with E-state index in [0.717, 1.165) is 12.1 Å². The average Bonchev–Trinajstić information content (AvgIpc) is 2.31. The third-order valence-corrected chi connectivity index (χ3v) is 2.23. The van der Waals surface area contributed by atoms with Crippen molar-refractivity contribution in [1.29, 1.82) is 0 Å². The number of methoxy groups -OCH3 is 1. The van der Waals surface area contributed by atoms with Crippen LogP contribution in [0.15, 0.2) is 30.3 Å². The van der Waals surface area contributed by atoms with Crippen molar-refractivity contribution in [1.82, 2.24) is 5.32 Å². The van der Waals surface area contributed by atoms with Crippen molar-refractivity contribution in [2.24, 2.45) is 0 Å². The van der Waals surface area contributed by atoms with E-state index < -0.39 is 0 Å². The maximum absolute atomic E-state index is 10.9. The first-order chi connectivity index (χ1) is 7.77. The summed E-state index contributed by atoms with van der Waals surface area (Å²) in [7, 11) is 3.31. The Morgan fingerprint density at radius 2 is 2.19 bits per heavy atom. The molecule has 1 rings (SSSR count). The predicted octanol–water partition coefficient (Wildman–Crippen LogP) is 1.98. The molecule has 0 bridgehead atoms. The van der Waals surface area contributed by atoms with Gasteiger partial charge in [-0.2, -0.15) is 0 Å². The summed E-state index contributed by atoms with van der Waals surface area (Å²) < 4.78 is 4.56. The number of carbonyl (C=O) groups excluding carboxylic acids is 1. The SMILES string of the molecule is CNCc1ccccc1C=CCC(=O)OC. The third kappa shape index (κ3) is 3.87. The normalized spacial score (nSPS) is 10.6. The Labute approximate surface area is 96.1 Å². The predicted molar refractivity (Wildman–Crippen MR) is 64.9 cm³/mol. The molecule has 0 saturated heterocycles. The monoisotopic (exact) mass is 219 g/mol. The molecular formula is C13H17NO2. The quantitative estimate of drug-likeness (QED) is 0.770. The van der Waals surface area contributed by atoms with Crippen LogP contribution in [0.2, 0.25) is 0 Å². The largest absolute Gasteiger partial charge is 0.469 e. The van der Waals surface area contributed by atoms with Crippen LogP contribution in [-0.2, 0) is 16.1 Å². The Morgan fingerprint density at radius 3 is 2.88 bits per heavy atom. The molecule has 3 nitrogen and oxygen atoms in total. The molecule has 0 radical (unpaired) electrons. The Hall–Kier alpha value is -1.61. The average molecular weight is 219 g/mol. The molecule has 0 aliphatic rings. The van der Waals surface area contributed by atoms with Gasteiger partial charge in [0.25, 0.3) is 0 Å². The molecule has 1 aromatic carbocycles. The van der Waals surface area contributed by atoms with Gasteiger partial charge < -0.3 is 10.1 Å². The van der Waals surface area contributed by atoms with Gasteiger partial charge in [-0.25, -0.2) is 0 Å². The van der Waals surface area contributed by atoms with Gasteiger partial charge in [-0.05, 0) is 18.2 Å². The van der Waals surface area contributed by atoms with Gasteiger partial charge in [0, 0.05) is 6.54 Å². The van der Waals surface area contributed by atoms with Crippen molar-refractivity contribution in [3.63, 3.8) is 0 Å². The molecule has 0 spiro atoms. The standard InChI is InChI=1S/C13H17NO2/c1-14-10-12-7-4-3-6-11(12)8-5-9-13(15)16-2/h3-8,14H,9-10H2,1-2H3. The summed E-state index contributed by atoms with van der Waals surface area (Å²) >= 11 is 0. The lowest BCUT2D eigenvalue weighted by Gasteiger charge is -2.04. The molecule has 0 aliphatic carbocycles. The van der Waals surface area contributed by atoms with Crippen molar-refractivity contribution in [2.75, 3.05) is 14.2 Å². The van der Waals surface area contributed by atoms with E-state index >= 15 is 0 Å². The zero-order valence-corrected chi connectivity index (χ0v) is 9.69. The summed E-state index contributed by atoms with van der Waals surface area (Å²) in [5.74, 6) is -0.220. The number of esters is 1. The molecule has 16 heavy (non-hydrogen) atoms. The van der Waals surface area contributed by atoms with Crippen LogP contribution in [0.5, 0.6) is 0 Å². The number of rotatable bonds is 5. The first-order valence-corrected chi connectivity index (χ1v) is 5.23. The van der Waals surface area contributed by atoms with Gasteiger partial charge in [-0.3, -0.25) is 4.79 Å². The van der Waals surface area contributed by atoms with E-state index in [1.807, 2.05) is 37.4 Å². The highest BCUT2D eigenvalue weighted by molar-refractivity contribution is 5.72. The minimum Gasteiger partial charge on any atom is -0.469 e. The number of benzene rings is 1. The zero-order valence-electron chi connectivity index (χ0n) is 9.69. The Bertz CT molecular complexity index is 372. The number of nitrogens with one attached hydrogen (secondary N) is 1. The summed E-state index contributed by atoms with van der Waals surface area (Å²) in [5, 5.41) is 3.11. The lowest BCUT2D eigenvalue weighted by Crippen LogP contribution is -2.06. The third-order valence-electron chi connectivity index (χ3n) is 2.23. The minimum atomic E-state index is -0.220. The summed E-state index contributed by atoms with van der Waals surface area (Å²) in [6.45, 7) is 0.818. The van der Waals surface area contributed by atoms with Gasteiger partial charge in [0.05, 0.1) is 13.5 Å². The van der Waals surface area contributed by atoms with E-state index in [1.165, 1.54) is 12.7 Å². The van der Waals surface area contributed by atoms with E-state index in [1.54, 1.807) is 0 Å². The van der Waals surface area contributed by atoms with Gasteiger partial charge >= 0.3 is 5.97 Å². The van der Waals surface area contributed by atoms with Crippen LogP contribution in [0.4, 0.5) is 0 Å². The first-order valence-electron chi connectivity index (χ1n) is 5.23. The van der Waals surface area contributed by atoms with Crippen LogP contribution in [0.3, 0.4) is 0 Å². The van der Waals surface area contributed by atoms with Gasteiger partial charge in [0.2, 0.25) is 0 Å². The van der Waals surface area contributed by atoms with Gasteiger partial charge in [0.15, 0.2) is 0 Å². The van der Waals surface area contributed by atoms with E-state index in [-0.39, 0.29) is 5.97 Å². The van der Waals surface area contributed by atoms with Gasteiger partial charge in [-0.1, -0.05) is 36.4 Å². The van der Waals surface area contributed by atoms with E-state index in [0.29, 0.717) is 6.42 Å². The molecule has 0 heterocycles. The molecule has 3 heteroatoms. The highest BCUT2D eigenvalue weighted by atomic mass is 16.5. The van der Waals surface area contributed by atoms with Crippen LogP contribution < -0.4 is 5.32 Å². The minimum absolute atomic E-state index is 0.220. The summed E-state index contributed by atoms with van der Waals surface area (Å²) in [4.78, 5) is 10.9. The van der Waals surface area contributed by atoms with Crippen LogP contribution in [0, 0.1) is 0 Å². The van der Waals surface area contributed by atoms with Crippen molar-refractivity contribution < 1.29 is 9.53 Å². The second-order valence-electron chi connectivity index (χ2n) is 3.41. The molecule has 1 aromatic rings. The fraction of sp³-hybridized carbons (Fsp3) is 0.308. The smallest absolute Gasteiger partial charge is 0.309 e. The molecular weight excluding hydrogens is 202 g/mol. The summed E-state index contributed by atoms with van der Waals surface area (Å²) in [6, 6.07) is 8.08. The lowest BCUT2D eigenvalue weighted by molar-refractivity contribution is -0.139. The van der Waals surface area contributed by atoms with Crippen molar-refractivity contribution in [2.45, 2.75) is 13.0 Å². The topological polar surface area (TPSA) is 38.3 Å². The van der Waals surface area contributed by atoms with Crippen molar-refractivity contribution in [3.8, 4) is 0 Å². The van der Waals surface area contributed by atoms with Crippen LogP contribution in [-0.4, -0.2) is 20.1 Å². The van der Waals surface area contributed by atoms with Crippen molar-refractivity contribution >= 4 is 12.0 Å². The molecule has 86 valence electrons. The number of hydrogen-bond donors (Lipinski definition) is 1. The van der Waals surface area contributed by atoms with Gasteiger partial charge in [0.1, 0.15) is 0 Å². The Morgan fingerprint density at radius 1 is 1.44 bits per heavy atom. The summed E-state index contributed by atoms with van der Waals surface area (Å²) in [6.07, 6.45) is 4.08. The fourth-order valence-electron chi connectivity index (χ4n) is 1.41. The zero-order chi connectivity index (χ0) is 11.8. The van der Waals surface area contributed by atoms with E-state index in [9.17, 15) is 4.79 Å². The van der Waals surface area contributed by atoms with E-state index in [4.69, 9.17) is 0 Å². The molecule has 0 saturated carbocycles. The van der Waals surface area contributed by atoms with Crippen LogP contribution in [0.25, 0.3) is 6.08 Å². The maximum atomic E-state index is 10.9. The highest BCUT2D eigenvalue weighted by Gasteiger charge is 1.98. The van der Waals surface area contributed by atoms with Crippen LogP contribution in [0.1, 0.15) is 17.5 Å². The molecule has 0 aliphatic heterocycles. The first kappa shape index (κ1) is 12.5. The molecule has 0 unspecified atom stereocenters. The van der Waals surface area contributed by atoms with E-state index in [2.05, 4.69) is 16.1 Å². The molecule has 0 aromatic heterocycles. The Kier molecular flexibility index (Phi) is 5.29. The molecule has 1 N–H and O–H groups in total. The lowest BCUT2D eigenvalue weighted by atomic mass is 10.1. The molecule has 0 fully saturated rings. The van der Waals surface area contributed by atoms with Crippen molar-refractivity contribution in [3.05, 3.63) is 41.5 Å². The van der Waals surface area contributed by atoms with Crippen LogP contribution >= 0.6 is 0 Å². The number of hydrogen-bond acceptors (Lipinski definition) is 3. The number of ether oxygens (including phenoxy) is 1. The summed E-state index contributed by atoms with van der Waals surface area (Å²) in [5.41, 5.74) is 2.34. The fourth-order valence-corrected chi connectivity index (χ4v) is 1.41. The molecule has 0 amide bonds. The molecule has 0 atom stereocenters. The highest BCUT2D eigenvalue weighted by Crippen LogP contribution is 2.10. The maximum Gasteiger partial charge on any atom is 0.309 e. The van der Waals surface area contributed by atoms with Gasteiger partial charge in [-0.15, -0.1) is 0 Å². The second-order valence-corrected chi connectivity index (χ2v) is 3.41. The second kappa shape index (κ2) is 6.80.